The lowest BCUT2D eigenvalue weighted by molar-refractivity contribution is 0.0308. The lowest BCUT2D eigenvalue weighted by Gasteiger charge is -2.50. The zero-order valence-corrected chi connectivity index (χ0v) is 21.7. The summed E-state index contributed by atoms with van der Waals surface area (Å²) < 4.78 is 6.85. The molecule has 0 amide bonds. The number of hydrogen-bond donors (Lipinski definition) is 3. The Morgan fingerprint density at radius 2 is 1.94 bits per heavy atom. The lowest BCUT2D eigenvalue weighted by Crippen LogP contribution is -2.64. The fourth-order valence-electron chi connectivity index (χ4n) is 5.40. The van der Waals surface area contributed by atoms with Crippen LogP contribution in [0.3, 0.4) is 0 Å². The molecule has 4 N–H and O–H groups in total. The van der Waals surface area contributed by atoms with Crippen molar-refractivity contribution in [2.45, 2.75) is 52.2 Å². The van der Waals surface area contributed by atoms with Crippen LogP contribution in [0, 0.1) is 20.8 Å². The van der Waals surface area contributed by atoms with Crippen molar-refractivity contribution in [2.75, 3.05) is 24.5 Å². The number of phenols is 1. The number of benzene rings is 2. The number of nitrogens with two attached hydrogens (primary N) is 1. The van der Waals surface area contributed by atoms with Gasteiger partial charge >= 0.3 is 0 Å². The van der Waals surface area contributed by atoms with Crippen LogP contribution in [0.1, 0.15) is 40.5 Å². The Bertz CT molecular complexity index is 1250. The van der Waals surface area contributed by atoms with Gasteiger partial charge in [-0.3, -0.25) is 0 Å². The van der Waals surface area contributed by atoms with Gasteiger partial charge in [-0.1, -0.05) is 6.07 Å². The molecule has 1 saturated heterocycles. The largest absolute Gasteiger partial charge is 0.507 e. The Labute approximate surface area is 211 Å². The molecule has 5 rings (SSSR count). The second-order valence-electron chi connectivity index (χ2n) is 9.85. The van der Waals surface area contributed by atoms with Gasteiger partial charge in [-0.25, -0.2) is 4.99 Å². The minimum atomic E-state index is -0.360. The molecule has 6 nitrogen and oxygen atoms in total. The molecule has 2 aliphatic heterocycles. The maximum absolute atomic E-state index is 10.6. The van der Waals surface area contributed by atoms with Crippen LogP contribution in [-0.2, 0) is 6.42 Å². The van der Waals surface area contributed by atoms with E-state index in [1.165, 1.54) is 0 Å². The van der Waals surface area contributed by atoms with Gasteiger partial charge in [0, 0.05) is 30.9 Å². The number of thiophene rings is 1. The summed E-state index contributed by atoms with van der Waals surface area (Å²) in [7, 11) is 0. The summed E-state index contributed by atoms with van der Waals surface area (Å²) in [5, 5.41) is 16.1. The predicted octanol–water partition coefficient (Wildman–Crippen LogP) is 4.98. The zero-order chi connectivity index (χ0) is 24.7. The summed E-state index contributed by atoms with van der Waals surface area (Å²) >= 11 is 1.59. The first-order chi connectivity index (χ1) is 16.8. The van der Waals surface area contributed by atoms with Crippen LogP contribution in [0.2, 0.25) is 0 Å². The maximum atomic E-state index is 10.6. The maximum Gasteiger partial charge on any atom is 0.141 e. The summed E-state index contributed by atoms with van der Waals surface area (Å²) in [5.41, 5.74) is 11.9. The first-order valence-electron chi connectivity index (χ1n) is 12.2. The van der Waals surface area contributed by atoms with E-state index in [4.69, 9.17) is 10.5 Å². The Balaban J connectivity index is 1.42. The van der Waals surface area contributed by atoms with Crippen LogP contribution in [0.25, 0.3) is 0 Å². The van der Waals surface area contributed by atoms with Crippen LogP contribution in [-0.4, -0.2) is 42.2 Å². The van der Waals surface area contributed by atoms with Crippen molar-refractivity contribution in [3.63, 3.8) is 0 Å². The molecule has 184 valence electrons. The molecule has 7 heteroatoms. The van der Waals surface area contributed by atoms with Crippen LogP contribution < -0.4 is 20.7 Å². The van der Waals surface area contributed by atoms with Crippen molar-refractivity contribution < 1.29 is 9.84 Å². The molecule has 0 saturated carbocycles. The van der Waals surface area contributed by atoms with Crippen LogP contribution in [0.4, 0.5) is 11.4 Å². The highest BCUT2D eigenvalue weighted by molar-refractivity contribution is 7.12. The molecular formula is C28H34N4O2S. The van der Waals surface area contributed by atoms with E-state index in [1.807, 2.05) is 43.5 Å². The molecular weight excluding hydrogens is 456 g/mol. The number of rotatable bonds is 4. The van der Waals surface area contributed by atoms with E-state index in [1.54, 1.807) is 11.3 Å². The van der Waals surface area contributed by atoms with E-state index in [9.17, 15) is 5.11 Å². The van der Waals surface area contributed by atoms with Gasteiger partial charge in [-0.2, -0.15) is 0 Å². The third kappa shape index (κ3) is 4.28. The molecule has 1 fully saturated rings. The van der Waals surface area contributed by atoms with Crippen LogP contribution in [0.5, 0.6) is 11.5 Å². The third-order valence-corrected chi connectivity index (χ3v) is 8.59. The fourth-order valence-corrected chi connectivity index (χ4v) is 6.02. The monoisotopic (exact) mass is 490 g/mol. The normalized spacial score (nSPS) is 22.6. The number of nitrogens with zero attached hydrogens (tertiary/aromatic N) is 2. The molecule has 0 radical (unpaired) electrons. The standard InChI is InChI=1S/C28H34N4O2S/c1-17-18(2)26-22(19(3)25(17)33)11-12-28(4,34-26)24-16-30-13-14-32(24)21-9-7-20(8-10-21)31-27(29)23-6-5-15-35-23/h5-10,15,24,30,33H,11-14,16H2,1-4H3,(H2,29,31)/t24-,28?/m0/s1. The summed E-state index contributed by atoms with van der Waals surface area (Å²) in [6, 6.07) is 12.5. The average molecular weight is 491 g/mol. The highest BCUT2D eigenvalue weighted by Crippen LogP contribution is 2.45. The highest BCUT2D eigenvalue weighted by Gasteiger charge is 2.44. The molecule has 3 heterocycles. The predicted molar refractivity (Wildman–Crippen MR) is 145 cm³/mol. The molecule has 2 aliphatic rings. The second kappa shape index (κ2) is 9.21. The molecule has 1 aromatic heterocycles. The van der Waals surface area contributed by atoms with E-state index in [-0.39, 0.29) is 11.6 Å². The second-order valence-corrected chi connectivity index (χ2v) is 10.8. The number of piperazine rings is 1. The molecule has 0 spiro atoms. The topological polar surface area (TPSA) is 83.1 Å². The van der Waals surface area contributed by atoms with Gasteiger partial charge in [-0.05, 0) is 92.9 Å². The number of anilines is 1. The molecule has 2 atom stereocenters. The zero-order valence-electron chi connectivity index (χ0n) is 20.9. The van der Waals surface area contributed by atoms with Crippen molar-refractivity contribution in [1.29, 1.82) is 0 Å². The number of ether oxygens (including phenoxy) is 1. The van der Waals surface area contributed by atoms with Crippen molar-refractivity contribution in [3.05, 3.63) is 68.9 Å². The Hall–Kier alpha value is -3.03. The third-order valence-electron chi connectivity index (χ3n) is 7.70. The number of fused-ring (bicyclic) bond motifs is 1. The first kappa shape index (κ1) is 23.7. The van der Waals surface area contributed by atoms with Crippen LogP contribution >= 0.6 is 11.3 Å². The van der Waals surface area contributed by atoms with Gasteiger partial charge in [0.25, 0.3) is 0 Å². The summed E-state index contributed by atoms with van der Waals surface area (Å²) in [6.45, 7) is 10.9. The van der Waals surface area contributed by atoms with E-state index < -0.39 is 0 Å². The quantitative estimate of drug-likeness (QED) is 0.355. The van der Waals surface area contributed by atoms with Gasteiger partial charge in [0.05, 0.1) is 16.6 Å². The molecule has 2 aromatic carbocycles. The smallest absolute Gasteiger partial charge is 0.141 e. The molecule has 0 aliphatic carbocycles. The fraction of sp³-hybridized carbons (Fsp3) is 0.393. The first-order valence-corrected chi connectivity index (χ1v) is 13.1. The van der Waals surface area contributed by atoms with Crippen molar-refractivity contribution in [3.8, 4) is 11.5 Å². The van der Waals surface area contributed by atoms with Crippen molar-refractivity contribution in [1.82, 2.24) is 5.32 Å². The highest BCUT2D eigenvalue weighted by atomic mass is 32.1. The summed E-state index contributed by atoms with van der Waals surface area (Å²) in [5.74, 6) is 1.89. The van der Waals surface area contributed by atoms with E-state index in [2.05, 4.69) is 41.2 Å². The molecule has 0 bridgehead atoms. The number of hydrogen-bond acceptors (Lipinski definition) is 6. The molecule has 3 aromatic rings. The molecule has 1 unspecified atom stereocenters. The van der Waals surface area contributed by atoms with Crippen molar-refractivity contribution >= 4 is 28.5 Å². The van der Waals surface area contributed by atoms with Crippen LogP contribution in [0.15, 0.2) is 46.8 Å². The Kier molecular flexibility index (Phi) is 6.23. The van der Waals surface area contributed by atoms with Gasteiger partial charge < -0.3 is 25.8 Å². The number of nitrogens with one attached hydrogen (secondary N) is 1. The number of phenolic OH excluding ortho intramolecular Hbond substituents is 1. The lowest BCUT2D eigenvalue weighted by atomic mass is 9.82. The average Bonchev–Trinajstić information content (AvgIpc) is 3.42. The van der Waals surface area contributed by atoms with E-state index in [0.717, 1.165) is 76.7 Å². The molecule has 35 heavy (non-hydrogen) atoms. The van der Waals surface area contributed by atoms with Crippen molar-refractivity contribution in [2.24, 2.45) is 10.7 Å². The van der Waals surface area contributed by atoms with E-state index in [0.29, 0.717) is 11.6 Å². The number of aromatic hydroxyl groups is 1. The SMILES string of the molecule is Cc1c(C)c2c(c(C)c1O)CCC(C)([C@@H]1CNCCN1c1ccc(N=C(N)c3cccs3)cc1)O2. The van der Waals surface area contributed by atoms with Gasteiger partial charge in [0.15, 0.2) is 0 Å². The summed E-state index contributed by atoms with van der Waals surface area (Å²) in [4.78, 5) is 8.04. The van der Waals surface area contributed by atoms with E-state index >= 15 is 0 Å². The summed E-state index contributed by atoms with van der Waals surface area (Å²) in [6.07, 6.45) is 1.79. The number of aliphatic imine (C=N–C) groups is 1. The Morgan fingerprint density at radius 1 is 1.17 bits per heavy atom. The minimum absolute atomic E-state index is 0.170. The van der Waals surface area contributed by atoms with Gasteiger partial charge in [-0.15, -0.1) is 11.3 Å². The van der Waals surface area contributed by atoms with Gasteiger partial charge in [0.2, 0.25) is 0 Å². The Morgan fingerprint density at radius 3 is 2.66 bits per heavy atom. The van der Waals surface area contributed by atoms with Gasteiger partial charge in [0.1, 0.15) is 22.9 Å². The minimum Gasteiger partial charge on any atom is -0.507 e. The number of amidine groups is 1.